The average Bonchev–Trinajstić information content (AvgIpc) is 2.58. The highest BCUT2D eigenvalue weighted by molar-refractivity contribution is 6.33. The predicted molar refractivity (Wildman–Crippen MR) is 95.6 cm³/mol. The third-order valence-corrected chi connectivity index (χ3v) is 3.63. The highest BCUT2D eigenvalue weighted by Gasteiger charge is 2.07. The molecular formula is C17H16ClN5O. The Labute approximate surface area is 144 Å². The van der Waals surface area contributed by atoms with Crippen molar-refractivity contribution in [3.05, 3.63) is 59.2 Å². The minimum Gasteiger partial charge on any atom is -0.495 e. The molecule has 0 radical (unpaired) electrons. The maximum absolute atomic E-state index is 6.14. The normalized spacial score (nSPS) is 10.3. The summed E-state index contributed by atoms with van der Waals surface area (Å²) >= 11 is 6.14. The first-order chi connectivity index (χ1) is 11.7. The minimum absolute atomic E-state index is 0.357. The maximum Gasteiger partial charge on any atom is 0.249 e. The second-order valence-electron chi connectivity index (χ2n) is 5.10. The van der Waals surface area contributed by atoms with Crippen LogP contribution in [0.3, 0.4) is 0 Å². The van der Waals surface area contributed by atoms with E-state index < -0.39 is 0 Å². The molecule has 0 aliphatic carbocycles. The SMILES string of the molecule is COc1ccc(C)cc1Nc1nncc(Nc2ccccc2Cl)n1. The van der Waals surface area contributed by atoms with Crippen LogP contribution in [0.4, 0.5) is 23.1 Å². The molecule has 0 aliphatic heterocycles. The van der Waals surface area contributed by atoms with Crippen LogP contribution in [0.2, 0.25) is 5.02 Å². The number of hydrogen-bond acceptors (Lipinski definition) is 6. The zero-order chi connectivity index (χ0) is 16.9. The van der Waals surface area contributed by atoms with Crippen LogP contribution in [-0.4, -0.2) is 22.3 Å². The second-order valence-corrected chi connectivity index (χ2v) is 5.51. The van der Waals surface area contributed by atoms with Crippen molar-refractivity contribution in [2.75, 3.05) is 17.7 Å². The van der Waals surface area contributed by atoms with Crippen LogP contribution >= 0.6 is 11.6 Å². The molecule has 0 bridgehead atoms. The summed E-state index contributed by atoms with van der Waals surface area (Å²) in [7, 11) is 1.62. The van der Waals surface area contributed by atoms with Crippen LogP contribution in [-0.2, 0) is 0 Å². The number of rotatable bonds is 5. The van der Waals surface area contributed by atoms with E-state index in [0.29, 0.717) is 22.5 Å². The first-order valence-electron chi connectivity index (χ1n) is 7.28. The summed E-state index contributed by atoms with van der Waals surface area (Å²) in [6, 6.07) is 13.2. The molecule has 2 N–H and O–H groups in total. The second kappa shape index (κ2) is 7.14. The van der Waals surface area contributed by atoms with E-state index in [1.54, 1.807) is 13.2 Å². The Morgan fingerprint density at radius 3 is 2.67 bits per heavy atom. The van der Waals surface area contributed by atoms with Crippen molar-refractivity contribution in [2.45, 2.75) is 6.92 Å². The zero-order valence-electron chi connectivity index (χ0n) is 13.2. The van der Waals surface area contributed by atoms with Crippen molar-refractivity contribution in [3.63, 3.8) is 0 Å². The van der Waals surface area contributed by atoms with E-state index in [1.807, 2.05) is 43.3 Å². The number of anilines is 4. The number of para-hydroxylation sites is 1. The smallest absolute Gasteiger partial charge is 0.249 e. The molecule has 3 rings (SSSR count). The van der Waals surface area contributed by atoms with Crippen LogP contribution in [0, 0.1) is 6.92 Å². The molecule has 3 aromatic rings. The van der Waals surface area contributed by atoms with Gasteiger partial charge in [-0.1, -0.05) is 29.8 Å². The average molecular weight is 342 g/mol. The largest absolute Gasteiger partial charge is 0.495 e. The van der Waals surface area contributed by atoms with Crippen molar-refractivity contribution in [1.82, 2.24) is 15.2 Å². The van der Waals surface area contributed by atoms with Crippen LogP contribution in [0.1, 0.15) is 5.56 Å². The molecule has 1 heterocycles. The van der Waals surface area contributed by atoms with Gasteiger partial charge in [0, 0.05) is 0 Å². The Morgan fingerprint density at radius 1 is 1.04 bits per heavy atom. The molecule has 0 spiro atoms. The van der Waals surface area contributed by atoms with Gasteiger partial charge in [-0.15, -0.1) is 5.10 Å². The number of aryl methyl sites for hydroxylation is 1. The number of methoxy groups -OCH3 is 1. The minimum atomic E-state index is 0.357. The predicted octanol–water partition coefficient (Wildman–Crippen LogP) is 4.33. The summed E-state index contributed by atoms with van der Waals surface area (Å²) in [5.41, 5.74) is 2.62. The quantitative estimate of drug-likeness (QED) is 0.719. The van der Waals surface area contributed by atoms with Gasteiger partial charge >= 0.3 is 0 Å². The van der Waals surface area contributed by atoms with Gasteiger partial charge in [-0.3, -0.25) is 0 Å². The summed E-state index contributed by atoms with van der Waals surface area (Å²) in [4.78, 5) is 4.40. The van der Waals surface area contributed by atoms with Gasteiger partial charge in [0.05, 0.1) is 29.7 Å². The lowest BCUT2D eigenvalue weighted by Gasteiger charge is -2.11. The molecule has 2 aromatic carbocycles. The van der Waals surface area contributed by atoms with Gasteiger partial charge < -0.3 is 15.4 Å². The Balaban J connectivity index is 1.84. The number of aromatic nitrogens is 3. The fraction of sp³-hybridized carbons (Fsp3) is 0.118. The van der Waals surface area contributed by atoms with Gasteiger partial charge in [0.1, 0.15) is 5.75 Å². The molecular weight excluding hydrogens is 326 g/mol. The van der Waals surface area contributed by atoms with Gasteiger partial charge in [0.15, 0.2) is 5.82 Å². The first kappa shape index (κ1) is 16.0. The molecule has 7 heteroatoms. The van der Waals surface area contributed by atoms with Crippen LogP contribution in [0.5, 0.6) is 5.75 Å². The topological polar surface area (TPSA) is 72.0 Å². The number of halogens is 1. The number of nitrogens with one attached hydrogen (secondary N) is 2. The lowest BCUT2D eigenvalue weighted by Crippen LogP contribution is -2.03. The van der Waals surface area contributed by atoms with Crippen molar-refractivity contribution in [1.29, 1.82) is 0 Å². The lowest BCUT2D eigenvalue weighted by atomic mass is 10.2. The van der Waals surface area contributed by atoms with Gasteiger partial charge in [-0.25, -0.2) is 0 Å². The van der Waals surface area contributed by atoms with E-state index >= 15 is 0 Å². The summed E-state index contributed by atoms with van der Waals surface area (Å²) < 4.78 is 5.34. The highest BCUT2D eigenvalue weighted by atomic mass is 35.5. The Kier molecular flexibility index (Phi) is 4.77. The molecule has 0 saturated heterocycles. The van der Waals surface area contributed by atoms with Gasteiger partial charge in [0.25, 0.3) is 0 Å². The monoisotopic (exact) mass is 341 g/mol. The molecule has 0 amide bonds. The van der Waals surface area contributed by atoms with Gasteiger partial charge in [-0.2, -0.15) is 10.1 Å². The number of hydrogen-bond donors (Lipinski definition) is 2. The summed E-state index contributed by atoms with van der Waals surface area (Å²) in [6.45, 7) is 2.00. The standard InChI is InChI=1S/C17H16ClN5O/c1-11-7-8-15(24-2)14(9-11)21-17-22-16(10-19-23-17)20-13-6-4-3-5-12(13)18/h3-10H,1-2H3,(H2,20,21,22,23). The first-order valence-corrected chi connectivity index (χ1v) is 7.66. The molecule has 122 valence electrons. The number of benzene rings is 2. The van der Waals surface area contributed by atoms with Gasteiger partial charge in [-0.05, 0) is 36.8 Å². The van der Waals surface area contributed by atoms with Crippen molar-refractivity contribution in [2.24, 2.45) is 0 Å². The van der Waals surface area contributed by atoms with Crippen LogP contribution in [0.15, 0.2) is 48.7 Å². The van der Waals surface area contributed by atoms with E-state index in [9.17, 15) is 0 Å². The summed E-state index contributed by atoms with van der Waals surface area (Å²) in [6.07, 6.45) is 1.53. The zero-order valence-corrected chi connectivity index (χ0v) is 14.0. The van der Waals surface area contributed by atoms with Crippen LogP contribution < -0.4 is 15.4 Å². The van der Waals surface area contributed by atoms with Gasteiger partial charge in [0.2, 0.25) is 5.95 Å². The molecule has 0 saturated carbocycles. The molecule has 0 atom stereocenters. The van der Waals surface area contributed by atoms with E-state index in [-0.39, 0.29) is 0 Å². The van der Waals surface area contributed by atoms with E-state index in [4.69, 9.17) is 16.3 Å². The fourth-order valence-corrected chi connectivity index (χ4v) is 2.34. The van der Waals surface area contributed by atoms with Crippen molar-refractivity contribution in [3.8, 4) is 5.75 Å². The third kappa shape index (κ3) is 3.72. The molecule has 24 heavy (non-hydrogen) atoms. The number of ether oxygens (including phenoxy) is 1. The molecule has 0 fully saturated rings. The third-order valence-electron chi connectivity index (χ3n) is 3.30. The number of nitrogens with zero attached hydrogens (tertiary/aromatic N) is 3. The molecule has 1 aromatic heterocycles. The Bertz CT molecular complexity index is 856. The van der Waals surface area contributed by atoms with Crippen molar-refractivity contribution >= 4 is 34.7 Å². The Morgan fingerprint density at radius 2 is 1.88 bits per heavy atom. The molecule has 6 nitrogen and oxygen atoms in total. The molecule has 0 aliphatic rings. The van der Waals surface area contributed by atoms with Crippen LogP contribution in [0.25, 0.3) is 0 Å². The highest BCUT2D eigenvalue weighted by Crippen LogP contribution is 2.28. The van der Waals surface area contributed by atoms with E-state index in [0.717, 1.165) is 16.9 Å². The maximum atomic E-state index is 6.14. The molecule has 0 unspecified atom stereocenters. The lowest BCUT2D eigenvalue weighted by molar-refractivity contribution is 0.416. The van der Waals surface area contributed by atoms with E-state index in [2.05, 4.69) is 25.8 Å². The summed E-state index contributed by atoms with van der Waals surface area (Å²) in [5, 5.41) is 14.8. The summed E-state index contributed by atoms with van der Waals surface area (Å²) in [5.74, 6) is 1.59. The Hall–Kier alpha value is -2.86. The fourth-order valence-electron chi connectivity index (χ4n) is 2.16. The van der Waals surface area contributed by atoms with Crippen molar-refractivity contribution < 1.29 is 4.74 Å². The van der Waals surface area contributed by atoms with E-state index in [1.165, 1.54) is 6.20 Å².